The molecular weight excluding hydrogens is 254 g/mol. The van der Waals surface area contributed by atoms with Gasteiger partial charge in [-0.1, -0.05) is 0 Å². The van der Waals surface area contributed by atoms with Crippen LogP contribution < -0.4 is 5.32 Å². The lowest BCUT2D eigenvalue weighted by Crippen LogP contribution is -2.14. The van der Waals surface area contributed by atoms with Crippen molar-refractivity contribution in [3.63, 3.8) is 0 Å². The van der Waals surface area contributed by atoms with E-state index in [0.29, 0.717) is 0 Å². The molecule has 4 rings (SSSR count). The minimum atomic E-state index is 0.727. The number of hydrogen-bond donors (Lipinski definition) is 1. The van der Waals surface area contributed by atoms with Gasteiger partial charge in [0.1, 0.15) is 0 Å². The number of nitrogens with one attached hydrogen (secondary N) is 1. The summed E-state index contributed by atoms with van der Waals surface area (Å²) in [7, 11) is 0. The Morgan fingerprint density at radius 1 is 1.32 bits per heavy atom. The van der Waals surface area contributed by atoms with E-state index in [-0.39, 0.29) is 0 Å². The molecule has 1 saturated carbocycles. The van der Waals surface area contributed by atoms with Crippen LogP contribution in [0.15, 0.2) is 18.6 Å². The number of imidazole rings is 1. The quantitative estimate of drug-likeness (QED) is 0.907. The Balaban J connectivity index is 1.35. The molecule has 2 aromatic heterocycles. The maximum Gasteiger partial charge on any atom is 0.0951 e. The molecule has 2 heterocycles. The van der Waals surface area contributed by atoms with E-state index in [1.807, 2.05) is 23.9 Å². The summed E-state index contributed by atoms with van der Waals surface area (Å²) in [5.74, 6) is 0. The predicted octanol–water partition coefficient (Wildman–Crippen LogP) is 3.06. The fourth-order valence-corrected chi connectivity index (χ4v) is 4.17. The first-order valence-corrected chi connectivity index (χ1v) is 8.03. The van der Waals surface area contributed by atoms with Crippen LogP contribution in [0.5, 0.6) is 0 Å². The van der Waals surface area contributed by atoms with Gasteiger partial charge in [-0.15, -0.1) is 11.3 Å². The number of rotatable bonds is 5. The van der Waals surface area contributed by atoms with Crippen molar-refractivity contribution in [1.29, 1.82) is 0 Å². The Bertz CT molecular complexity index is 558. The molecule has 100 valence electrons. The van der Waals surface area contributed by atoms with Crippen molar-refractivity contribution in [3.05, 3.63) is 39.6 Å². The lowest BCUT2D eigenvalue weighted by Gasteiger charge is -2.07. The molecule has 3 nitrogen and oxygen atoms in total. The number of aromatic nitrogens is 2. The third-order valence-electron chi connectivity index (χ3n) is 4.09. The van der Waals surface area contributed by atoms with Crippen LogP contribution in [0.1, 0.15) is 46.3 Å². The monoisotopic (exact) mass is 273 g/mol. The standard InChI is InChI=1S/C15H19N3S/c1-2-11-6-14(19-15(11)3-1)9-16-7-13-8-17-10-18(13)12-4-5-12/h6,8,10,12,16H,1-5,7,9H2. The molecule has 0 radical (unpaired) electrons. The van der Waals surface area contributed by atoms with Crippen LogP contribution in [0.3, 0.4) is 0 Å². The molecule has 2 aliphatic carbocycles. The molecule has 0 saturated heterocycles. The number of fused-ring (bicyclic) bond motifs is 1. The predicted molar refractivity (Wildman–Crippen MR) is 77.4 cm³/mol. The summed E-state index contributed by atoms with van der Waals surface area (Å²) in [6, 6.07) is 3.13. The van der Waals surface area contributed by atoms with Gasteiger partial charge in [0.2, 0.25) is 0 Å². The second-order valence-electron chi connectivity index (χ2n) is 5.64. The smallest absolute Gasteiger partial charge is 0.0951 e. The first kappa shape index (κ1) is 11.7. The number of hydrogen-bond acceptors (Lipinski definition) is 3. The Morgan fingerprint density at radius 2 is 2.26 bits per heavy atom. The second-order valence-corrected chi connectivity index (χ2v) is 6.86. The van der Waals surface area contributed by atoms with Crippen molar-refractivity contribution in [1.82, 2.24) is 14.9 Å². The zero-order valence-corrected chi connectivity index (χ0v) is 11.9. The molecule has 0 spiro atoms. The third kappa shape index (κ3) is 2.35. The lowest BCUT2D eigenvalue weighted by atomic mass is 10.2. The Hall–Kier alpha value is -1.13. The van der Waals surface area contributed by atoms with Crippen molar-refractivity contribution in [2.45, 2.75) is 51.2 Å². The van der Waals surface area contributed by atoms with Crippen molar-refractivity contribution in [3.8, 4) is 0 Å². The minimum absolute atomic E-state index is 0.727. The molecular formula is C15H19N3S. The Labute approximate surface area is 117 Å². The molecule has 0 atom stereocenters. The zero-order chi connectivity index (χ0) is 12.7. The van der Waals surface area contributed by atoms with Crippen LogP contribution >= 0.6 is 11.3 Å². The number of aryl methyl sites for hydroxylation is 2. The number of nitrogens with zero attached hydrogens (tertiary/aromatic N) is 2. The van der Waals surface area contributed by atoms with Gasteiger partial charge in [-0.05, 0) is 43.7 Å². The van der Waals surface area contributed by atoms with E-state index in [1.54, 1.807) is 10.4 Å². The normalized spacial score (nSPS) is 17.9. The van der Waals surface area contributed by atoms with Gasteiger partial charge in [-0.25, -0.2) is 4.98 Å². The summed E-state index contributed by atoms with van der Waals surface area (Å²) >= 11 is 2.00. The van der Waals surface area contributed by atoms with Crippen LogP contribution in [-0.4, -0.2) is 9.55 Å². The fraction of sp³-hybridized carbons (Fsp3) is 0.533. The summed E-state index contributed by atoms with van der Waals surface area (Å²) in [6.45, 7) is 1.92. The van der Waals surface area contributed by atoms with Crippen molar-refractivity contribution < 1.29 is 0 Å². The largest absolute Gasteiger partial charge is 0.330 e. The highest BCUT2D eigenvalue weighted by atomic mass is 32.1. The summed E-state index contributed by atoms with van der Waals surface area (Å²) in [6.07, 6.45) is 10.6. The highest BCUT2D eigenvalue weighted by Gasteiger charge is 2.24. The summed E-state index contributed by atoms with van der Waals surface area (Å²) in [5, 5.41) is 3.57. The maximum atomic E-state index is 4.28. The third-order valence-corrected chi connectivity index (χ3v) is 5.33. The summed E-state index contributed by atoms with van der Waals surface area (Å²) < 4.78 is 2.33. The molecule has 0 unspecified atom stereocenters. The average Bonchev–Trinajstić information content (AvgIpc) is 2.83. The molecule has 0 amide bonds. The molecule has 1 N–H and O–H groups in total. The first-order valence-electron chi connectivity index (χ1n) is 7.22. The van der Waals surface area contributed by atoms with Gasteiger partial charge >= 0.3 is 0 Å². The van der Waals surface area contributed by atoms with Crippen LogP contribution in [0.25, 0.3) is 0 Å². The van der Waals surface area contributed by atoms with E-state index in [4.69, 9.17) is 0 Å². The van der Waals surface area contributed by atoms with E-state index in [9.17, 15) is 0 Å². The molecule has 2 aromatic rings. The Kier molecular flexibility index (Phi) is 2.93. The summed E-state index contributed by atoms with van der Waals surface area (Å²) in [4.78, 5) is 7.39. The molecule has 0 aliphatic heterocycles. The molecule has 1 fully saturated rings. The molecule has 4 heteroatoms. The van der Waals surface area contributed by atoms with Gasteiger partial charge in [0, 0.05) is 35.1 Å². The van der Waals surface area contributed by atoms with Gasteiger partial charge in [-0.2, -0.15) is 0 Å². The highest BCUT2D eigenvalue weighted by molar-refractivity contribution is 7.12. The van der Waals surface area contributed by atoms with Crippen molar-refractivity contribution in [2.24, 2.45) is 0 Å². The van der Waals surface area contributed by atoms with Gasteiger partial charge in [-0.3, -0.25) is 0 Å². The zero-order valence-electron chi connectivity index (χ0n) is 11.1. The van der Waals surface area contributed by atoms with Crippen molar-refractivity contribution in [2.75, 3.05) is 0 Å². The average molecular weight is 273 g/mol. The fourth-order valence-electron chi connectivity index (χ4n) is 2.94. The second kappa shape index (κ2) is 4.76. The highest BCUT2D eigenvalue weighted by Crippen LogP contribution is 2.35. The molecule has 0 aromatic carbocycles. The van der Waals surface area contributed by atoms with E-state index in [0.717, 1.165) is 19.1 Å². The maximum absolute atomic E-state index is 4.28. The van der Waals surface area contributed by atoms with Crippen LogP contribution in [0.2, 0.25) is 0 Å². The molecule has 0 bridgehead atoms. The van der Waals surface area contributed by atoms with E-state index < -0.39 is 0 Å². The Morgan fingerprint density at radius 3 is 3.11 bits per heavy atom. The lowest BCUT2D eigenvalue weighted by molar-refractivity contribution is 0.624. The van der Waals surface area contributed by atoms with E-state index >= 15 is 0 Å². The van der Waals surface area contributed by atoms with E-state index in [1.165, 1.54) is 42.7 Å². The van der Waals surface area contributed by atoms with Crippen LogP contribution in [0.4, 0.5) is 0 Å². The van der Waals surface area contributed by atoms with Crippen molar-refractivity contribution >= 4 is 11.3 Å². The van der Waals surface area contributed by atoms with Gasteiger partial charge < -0.3 is 9.88 Å². The molecule has 2 aliphatic rings. The first-order chi connectivity index (χ1) is 9.40. The molecule has 19 heavy (non-hydrogen) atoms. The SMILES string of the molecule is c1c(CNCc2cncn2C2CC2)sc2c1CCC2. The van der Waals surface area contributed by atoms with Gasteiger partial charge in [0.15, 0.2) is 0 Å². The van der Waals surface area contributed by atoms with E-state index in [2.05, 4.69) is 20.9 Å². The van der Waals surface area contributed by atoms with Crippen LogP contribution in [0, 0.1) is 0 Å². The van der Waals surface area contributed by atoms with Gasteiger partial charge in [0.25, 0.3) is 0 Å². The summed E-state index contributed by atoms with van der Waals surface area (Å²) in [5.41, 5.74) is 2.93. The van der Waals surface area contributed by atoms with Crippen LogP contribution in [-0.2, 0) is 25.9 Å². The van der Waals surface area contributed by atoms with Gasteiger partial charge in [0.05, 0.1) is 12.0 Å². The number of thiophene rings is 1. The topological polar surface area (TPSA) is 29.9 Å². The minimum Gasteiger partial charge on any atom is -0.330 e.